The van der Waals surface area contributed by atoms with Gasteiger partial charge in [-0.15, -0.1) is 0 Å². The largest absolute Gasteiger partial charge is 0.496 e. The smallest absolute Gasteiger partial charge is 0.384 e. The summed E-state index contributed by atoms with van der Waals surface area (Å²) in [5.74, 6) is 2.92. The molecule has 2 atom stereocenters. The first-order valence-electron chi connectivity index (χ1n) is 15.6. The quantitative estimate of drug-likeness (QED) is 0.130. The van der Waals surface area contributed by atoms with Crippen LogP contribution in [0.15, 0.2) is 78.9 Å². The fraction of sp³-hybridized carbons (Fsp3) is 0.385. The molecule has 1 aliphatic rings. The van der Waals surface area contributed by atoms with Gasteiger partial charge in [0.2, 0.25) is 0 Å². The maximum atomic E-state index is 15.9. The number of methoxy groups -OCH3 is 4. The van der Waals surface area contributed by atoms with E-state index in [1.165, 1.54) is 16.7 Å². The lowest BCUT2D eigenvalue weighted by atomic mass is 9.74. The summed E-state index contributed by atoms with van der Waals surface area (Å²) in [5, 5.41) is 0.151. The SMILES string of the molecule is COc1cccc(OC)c1CC(Cc1c(OC)cccc1OC)(C(C)CC(C)(C)C)[P+](=O)c1cccc2c1Cc1ccccc1-2. The number of hydrogen-bond donors (Lipinski definition) is 0. The summed E-state index contributed by atoms with van der Waals surface area (Å²) in [6.45, 7) is 9.03. The van der Waals surface area contributed by atoms with Crippen LogP contribution >= 0.6 is 7.80 Å². The van der Waals surface area contributed by atoms with Crippen LogP contribution in [0.4, 0.5) is 0 Å². The molecule has 6 heteroatoms. The Hall–Kier alpha value is -3.82. The van der Waals surface area contributed by atoms with Crippen molar-refractivity contribution in [2.45, 2.75) is 58.5 Å². The number of benzene rings is 4. The van der Waals surface area contributed by atoms with Gasteiger partial charge in [0, 0.05) is 41.9 Å². The van der Waals surface area contributed by atoms with E-state index in [9.17, 15) is 0 Å². The van der Waals surface area contributed by atoms with Crippen molar-refractivity contribution in [2.24, 2.45) is 11.3 Å². The van der Waals surface area contributed by atoms with E-state index in [4.69, 9.17) is 18.9 Å². The van der Waals surface area contributed by atoms with Crippen LogP contribution in [0.3, 0.4) is 0 Å². The van der Waals surface area contributed by atoms with Gasteiger partial charge in [-0.1, -0.05) is 80.8 Å². The zero-order valence-corrected chi connectivity index (χ0v) is 28.8. The average molecular weight is 626 g/mol. The molecular weight excluding hydrogens is 579 g/mol. The second-order valence-corrected chi connectivity index (χ2v) is 15.3. The van der Waals surface area contributed by atoms with Crippen molar-refractivity contribution in [1.29, 1.82) is 0 Å². The highest BCUT2D eigenvalue weighted by Gasteiger charge is 2.57. The first-order valence-corrected chi connectivity index (χ1v) is 16.9. The van der Waals surface area contributed by atoms with Gasteiger partial charge in [0.05, 0.1) is 28.4 Å². The summed E-state index contributed by atoms with van der Waals surface area (Å²) in [7, 11) is 4.72. The van der Waals surface area contributed by atoms with E-state index in [1.807, 2.05) is 36.4 Å². The summed E-state index contributed by atoms with van der Waals surface area (Å²) in [5.41, 5.74) is 6.65. The Balaban J connectivity index is 1.80. The third-order valence-electron chi connectivity index (χ3n) is 9.31. The first-order chi connectivity index (χ1) is 21.6. The van der Waals surface area contributed by atoms with Gasteiger partial charge in [0.15, 0.2) is 10.5 Å². The van der Waals surface area contributed by atoms with Crippen molar-refractivity contribution in [3.63, 3.8) is 0 Å². The van der Waals surface area contributed by atoms with E-state index in [0.29, 0.717) is 12.8 Å². The van der Waals surface area contributed by atoms with E-state index in [2.05, 4.69) is 70.2 Å². The summed E-state index contributed by atoms with van der Waals surface area (Å²) in [6.07, 6.45) is 2.58. The third-order valence-corrected chi connectivity index (χ3v) is 11.7. The van der Waals surface area contributed by atoms with Crippen LogP contribution in [0.2, 0.25) is 0 Å². The zero-order valence-electron chi connectivity index (χ0n) is 27.9. The molecule has 0 fully saturated rings. The standard InChI is InChI=1S/C39H46O5P/c1-26(23-38(2,3)4)39(24-31-33(41-5)17-12-18-34(31)42-6,25-32-35(43-7)19-13-20-36(32)44-8)45(40)37-21-11-16-29-28-15-10-9-14-27(28)22-30(29)37/h9-21,26H,22-25H2,1-8H3/q+1. The molecule has 0 aliphatic heterocycles. The Bertz CT molecular complexity index is 1580. The molecule has 4 aromatic rings. The van der Waals surface area contributed by atoms with Crippen molar-refractivity contribution in [3.05, 3.63) is 101 Å². The molecule has 2 unspecified atom stereocenters. The molecule has 0 saturated heterocycles. The topological polar surface area (TPSA) is 54.0 Å². The van der Waals surface area contributed by atoms with E-state index < -0.39 is 13.0 Å². The molecule has 0 amide bonds. The molecular formula is C39H46O5P+. The van der Waals surface area contributed by atoms with Crippen molar-refractivity contribution < 1.29 is 23.5 Å². The molecule has 1 aliphatic carbocycles. The van der Waals surface area contributed by atoms with Crippen LogP contribution in [-0.4, -0.2) is 33.6 Å². The lowest BCUT2D eigenvalue weighted by Crippen LogP contribution is -2.42. The van der Waals surface area contributed by atoms with E-state index in [-0.39, 0.29) is 11.3 Å². The van der Waals surface area contributed by atoms with E-state index >= 15 is 4.57 Å². The molecule has 45 heavy (non-hydrogen) atoms. The molecule has 0 bridgehead atoms. The fourth-order valence-electron chi connectivity index (χ4n) is 7.25. The Morgan fingerprint density at radius 2 is 1.13 bits per heavy atom. The molecule has 0 radical (unpaired) electrons. The minimum Gasteiger partial charge on any atom is -0.496 e. The number of ether oxygens (including phenoxy) is 4. The van der Waals surface area contributed by atoms with Crippen LogP contribution in [0, 0.1) is 11.3 Å². The second kappa shape index (κ2) is 13.3. The molecule has 0 saturated carbocycles. The van der Waals surface area contributed by atoms with E-state index in [0.717, 1.165) is 57.8 Å². The molecule has 4 aromatic carbocycles. The minimum absolute atomic E-state index is 0.00850. The third kappa shape index (κ3) is 6.33. The van der Waals surface area contributed by atoms with Crippen LogP contribution in [0.1, 0.15) is 56.4 Å². The maximum absolute atomic E-state index is 15.9. The fourth-order valence-corrected chi connectivity index (χ4v) is 9.49. The van der Waals surface area contributed by atoms with Gasteiger partial charge in [-0.25, -0.2) is 0 Å². The van der Waals surface area contributed by atoms with Gasteiger partial charge in [-0.05, 0) is 58.9 Å². The van der Waals surface area contributed by atoms with Gasteiger partial charge in [-0.3, -0.25) is 0 Å². The number of hydrogen-bond acceptors (Lipinski definition) is 5. The van der Waals surface area contributed by atoms with Crippen LogP contribution in [-0.2, 0) is 23.8 Å². The van der Waals surface area contributed by atoms with Gasteiger partial charge in [0.25, 0.3) is 0 Å². The Kier molecular flexibility index (Phi) is 9.60. The highest BCUT2D eigenvalue weighted by Crippen LogP contribution is 2.56. The summed E-state index contributed by atoms with van der Waals surface area (Å²) in [4.78, 5) is 0. The van der Waals surface area contributed by atoms with E-state index in [1.54, 1.807) is 28.4 Å². The maximum Gasteiger partial charge on any atom is 0.384 e. The Morgan fingerprint density at radius 3 is 1.62 bits per heavy atom. The van der Waals surface area contributed by atoms with Gasteiger partial charge in [0.1, 0.15) is 23.0 Å². The average Bonchev–Trinajstić information content (AvgIpc) is 3.42. The zero-order chi connectivity index (χ0) is 32.4. The van der Waals surface area contributed by atoms with Gasteiger partial charge < -0.3 is 18.9 Å². The van der Waals surface area contributed by atoms with Crippen LogP contribution in [0.25, 0.3) is 11.1 Å². The Labute approximate surface area is 269 Å². The van der Waals surface area contributed by atoms with Crippen LogP contribution < -0.4 is 24.3 Å². The molecule has 0 aromatic heterocycles. The number of rotatable bonds is 12. The van der Waals surface area contributed by atoms with Crippen LogP contribution in [0.5, 0.6) is 23.0 Å². The molecule has 236 valence electrons. The minimum atomic E-state index is -2.01. The van der Waals surface area contributed by atoms with Crippen molar-refractivity contribution >= 4 is 13.1 Å². The molecule has 5 nitrogen and oxygen atoms in total. The monoisotopic (exact) mass is 625 g/mol. The molecule has 0 spiro atoms. The first kappa shape index (κ1) is 32.6. The predicted molar refractivity (Wildman–Crippen MR) is 184 cm³/mol. The van der Waals surface area contributed by atoms with Gasteiger partial charge >= 0.3 is 7.80 Å². The summed E-state index contributed by atoms with van der Waals surface area (Å²) >= 11 is 0. The van der Waals surface area contributed by atoms with Crippen molar-refractivity contribution in [2.75, 3.05) is 28.4 Å². The number of fused-ring (bicyclic) bond motifs is 3. The molecule has 0 heterocycles. The Morgan fingerprint density at radius 1 is 0.667 bits per heavy atom. The second-order valence-electron chi connectivity index (χ2n) is 13.3. The van der Waals surface area contributed by atoms with Crippen molar-refractivity contribution in [3.8, 4) is 34.1 Å². The predicted octanol–water partition coefficient (Wildman–Crippen LogP) is 9.04. The van der Waals surface area contributed by atoms with Gasteiger partial charge in [-0.2, -0.15) is 0 Å². The normalized spacial score (nSPS) is 13.5. The molecule has 5 rings (SSSR count). The summed E-state index contributed by atoms with van der Waals surface area (Å²) in [6, 6.07) is 26.6. The molecule has 0 N–H and O–H groups in total. The van der Waals surface area contributed by atoms with Crippen molar-refractivity contribution in [1.82, 2.24) is 0 Å². The highest BCUT2D eigenvalue weighted by molar-refractivity contribution is 7.55. The lowest BCUT2D eigenvalue weighted by Gasteiger charge is -2.36. The highest BCUT2D eigenvalue weighted by atomic mass is 31.1. The lowest BCUT2D eigenvalue weighted by molar-refractivity contribution is 0.246. The summed E-state index contributed by atoms with van der Waals surface area (Å²) < 4.78 is 39.6.